The average Bonchev–Trinajstić information content (AvgIpc) is 1.40. The predicted molar refractivity (Wildman–Crippen MR) is 352 cm³/mol. The van der Waals surface area contributed by atoms with E-state index in [0.717, 1.165) is 47.4 Å². The van der Waals surface area contributed by atoms with Gasteiger partial charge in [-0.15, -0.1) is 6.58 Å². The number of rotatable bonds is 14. The molecule has 23 nitrogen and oxygen atoms in total. The van der Waals surface area contributed by atoms with Crippen LogP contribution in [0.25, 0.3) is 0 Å². The highest BCUT2D eigenvalue weighted by atomic mass is 35.5. The van der Waals surface area contributed by atoms with E-state index in [0.29, 0.717) is 24.1 Å². The summed E-state index contributed by atoms with van der Waals surface area (Å²) in [7, 11) is 2.94. The summed E-state index contributed by atoms with van der Waals surface area (Å²) in [4.78, 5) is 106. The SMILES string of the molecule is C=CCNC(=O)C1c2ccccc2CN1C(=O)c1cc(Cl)c(O)cc1O.CCCNC1=C2C[C@@H](C)C[C@H](OC)[C@H](O)[C@@H](C)/C=C(\C)[C@H](OC(N)=O)[C@@H](OC)/C=C\C=C(/C)C(=O)NC(=CC1=O)C2=O.[3H]CC([3H])CNC(=O)C1c2ccccc2CN1C(=O)c1cc(Cl)c(O)cc1O. The molecule has 1 aliphatic carbocycles. The number of carbonyl (C=O) groups excluding carboxylic acids is 8. The Labute approximate surface area is 558 Å². The van der Waals surface area contributed by atoms with Gasteiger partial charge in [-0.05, 0) is 85.4 Å². The summed E-state index contributed by atoms with van der Waals surface area (Å²) in [5.41, 5.74) is 9.41. The number of primary amides is 1. The van der Waals surface area contributed by atoms with E-state index in [-0.39, 0.29) is 107 Å². The number of allylic oxidation sites excluding steroid dienone is 4. The second-order valence-electron chi connectivity index (χ2n) is 22.6. The maximum absolute atomic E-state index is 13.6. The summed E-state index contributed by atoms with van der Waals surface area (Å²) >= 11 is 11.7. The zero-order valence-electron chi connectivity index (χ0n) is 55.1. The van der Waals surface area contributed by atoms with Crippen LogP contribution in [-0.4, -0.2) is 141 Å². The van der Waals surface area contributed by atoms with Gasteiger partial charge in [-0.1, -0.05) is 130 Å². The first-order valence-electron chi connectivity index (χ1n) is 31.3. The van der Waals surface area contributed by atoms with E-state index < -0.39 is 102 Å². The average molecular weight is 1340 g/mol. The molecular formula is C69H81Cl2N7O16. The summed E-state index contributed by atoms with van der Waals surface area (Å²) in [6.07, 6.45) is 5.48. The number of halogens is 2. The van der Waals surface area contributed by atoms with Gasteiger partial charge in [0.15, 0.2) is 6.10 Å². The molecule has 25 heteroatoms. The molecule has 3 unspecified atom stereocenters. The molecule has 94 heavy (non-hydrogen) atoms. The largest absolute Gasteiger partial charge is 0.507 e. The normalized spacial score (nSPS) is 23.4. The van der Waals surface area contributed by atoms with Crippen LogP contribution in [-0.2, 0) is 51.3 Å². The second kappa shape index (κ2) is 34.1. The van der Waals surface area contributed by atoms with Crippen LogP contribution in [0.5, 0.6) is 23.0 Å². The monoisotopic (exact) mass is 1340 g/mol. The van der Waals surface area contributed by atoms with Gasteiger partial charge in [0.05, 0.1) is 44.8 Å². The number of ether oxygens (including phenoxy) is 3. The molecule has 11 N–H and O–H groups in total. The third kappa shape index (κ3) is 18.1. The highest BCUT2D eigenvalue weighted by Gasteiger charge is 2.42. The van der Waals surface area contributed by atoms with Gasteiger partial charge in [0.2, 0.25) is 23.4 Å². The van der Waals surface area contributed by atoms with Crippen LogP contribution < -0.4 is 27.0 Å². The summed E-state index contributed by atoms with van der Waals surface area (Å²) < 4.78 is 31.4. The van der Waals surface area contributed by atoms with Crippen molar-refractivity contribution in [3.63, 3.8) is 0 Å². The Kier molecular flexibility index (Phi) is 25.6. The molecule has 502 valence electrons. The topological polar surface area (TPSA) is 346 Å². The highest BCUT2D eigenvalue weighted by Crippen LogP contribution is 2.41. The molecule has 0 spiro atoms. The molecule has 4 aromatic rings. The van der Waals surface area contributed by atoms with Crippen molar-refractivity contribution in [3.05, 3.63) is 187 Å². The van der Waals surface area contributed by atoms with Crippen molar-refractivity contribution in [2.45, 2.75) is 117 Å². The standard InChI is InChI=1S/C31H45N3O8.C19H19ClN2O4.C19H17ClN2O4/c1-8-12-33-26-21-13-17(2)14-25(41-7)27(36)19(4)15-20(5)29(42-31(32)39)24(40-6)11-9-10-18(3)30(38)34-22(28(21)37)16-23(26)35;2*1-2-7-21-18(25)17-12-6-4-3-5-11(12)10-22(17)19(26)13-8-14(20)16(24)9-15(13)23/h9-11,15-17,19,24-25,27,29,33,36H,8,12-14H2,1-7H3,(H2,32,39)(H,34,38);3-6,8-9,17,23-24H,2,7,10H2,1H3,(H,21,25);2-6,8-9,17,23-24H,1,7,10H2,(H,21,25)/b11-9-,18-10+,20-15+;;/t17-,19+,24+,25+,27-,29+;;/m1../s1/i;1T,2T;. The Morgan fingerprint density at radius 1 is 0.819 bits per heavy atom. The molecule has 9 atom stereocenters. The summed E-state index contributed by atoms with van der Waals surface area (Å²) in [6.45, 7) is 13.5. The van der Waals surface area contributed by atoms with Gasteiger partial charge in [0.1, 0.15) is 41.2 Å². The molecule has 3 heterocycles. The number of nitrogens with two attached hydrogens (primary N) is 1. The van der Waals surface area contributed by atoms with Crippen molar-refractivity contribution in [2.75, 3.05) is 33.9 Å². The molecule has 4 aromatic carbocycles. The molecule has 0 saturated heterocycles. The van der Waals surface area contributed by atoms with Crippen molar-refractivity contribution < 1.29 is 80.8 Å². The minimum Gasteiger partial charge on any atom is -0.507 e. The minimum atomic E-state index is -0.995. The zero-order valence-corrected chi connectivity index (χ0v) is 54.6. The van der Waals surface area contributed by atoms with Crippen molar-refractivity contribution in [3.8, 4) is 23.0 Å². The Hall–Kier alpha value is -9.26. The van der Waals surface area contributed by atoms with Gasteiger partial charge in [0, 0.05) is 85.0 Å². The number of benzene rings is 4. The summed E-state index contributed by atoms with van der Waals surface area (Å²) in [6, 6.07) is 17.0. The molecule has 8 rings (SSSR count). The lowest BCUT2D eigenvalue weighted by Crippen LogP contribution is -2.40. The number of hydrogen-bond donors (Lipinski definition) is 10. The fourth-order valence-electron chi connectivity index (χ4n) is 11.0. The number of phenolic OH excluding ortho intramolecular Hbond substituents is 4. The van der Waals surface area contributed by atoms with Gasteiger partial charge in [-0.3, -0.25) is 33.6 Å². The number of Topliss-reactive ketones (excluding diaryl/α,β-unsaturated/α-hetero) is 1. The Balaban J connectivity index is 0.000000236. The number of ketones is 2. The number of aliphatic hydroxyl groups is 1. The predicted octanol–water partition coefficient (Wildman–Crippen LogP) is 8.49. The number of aromatic hydroxyl groups is 4. The van der Waals surface area contributed by atoms with Crippen LogP contribution in [0.4, 0.5) is 4.79 Å². The zero-order chi connectivity index (χ0) is 70.8. The van der Waals surface area contributed by atoms with E-state index >= 15 is 0 Å². The van der Waals surface area contributed by atoms with Crippen LogP contribution in [0.1, 0.15) is 125 Å². The second-order valence-corrected chi connectivity index (χ2v) is 23.5. The van der Waals surface area contributed by atoms with Crippen molar-refractivity contribution in [2.24, 2.45) is 17.6 Å². The third-order valence-electron chi connectivity index (χ3n) is 15.8. The number of nitrogens with one attached hydrogen (secondary N) is 4. The quantitative estimate of drug-likeness (QED) is 0.0418. The van der Waals surface area contributed by atoms with Crippen molar-refractivity contribution in [1.29, 1.82) is 0 Å². The molecular weight excluding hydrogens is 1250 g/mol. The highest BCUT2D eigenvalue weighted by molar-refractivity contribution is 6.33. The van der Waals surface area contributed by atoms with Gasteiger partial charge < -0.3 is 76.5 Å². The number of aliphatic hydroxyl groups excluding tert-OH is 1. The van der Waals surface area contributed by atoms with Crippen LogP contribution in [0.2, 0.25) is 10.0 Å². The first-order chi connectivity index (χ1) is 45.6. The number of nitrogens with zero attached hydrogens (tertiary/aromatic N) is 2. The number of hydrogen-bond acceptors (Lipinski definition) is 17. The van der Waals surface area contributed by atoms with Gasteiger partial charge in [0.25, 0.3) is 17.7 Å². The maximum Gasteiger partial charge on any atom is 0.405 e. The molecule has 0 aromatic heterocycles. The summed E-state index contributed by atoms with van der Waals surface area (Å²) in [5.74, 6) is -5.51. The first-order valence-corrected chi connectivity index (χ1v) is 30.8. The third-order valence-corrected chi connectivity index (χ3v) is 16.4. The van der Waals surface area contributed by atoms with Gasteiger partial charge >= 0.3 is 6.09 Å². The van der Waals surface area contributed by atoms with Crippen LogP contribution in [0.15, 0.2) is 144 Å². The molecule has 3 aliphatic heterocycles. The van der Waals surface area contributed by atoms with Gasteiger partial charge in [-0.25, -0.2) is 4.79 Å². The van der Waals surface area contributed by atoms with E-state index in [1.165, 1.54) is 36.2 Å². The van der Waals surface area contributed by atoms with Crippen LogP contribution in [0.3, 0.4) is 0 Å². The summed E-state index contributed by atoms with van der Waals surface area (Å²) in [5, 5.41) is 61.4. The first kappa shape index (κ1) is 70.6. The fraction of sp³-hybridized carbons (Fsp3) is 0.362. The van der Waals surface area contributed by atoms with Gasteiger partial charge in [-0.2, -0.15) is 0 Å². The lowest BCUT2D eigenvalue weighted by molar-refractivity contribution is -0.126. The number of carbonyl (C=O) groups is 8. The van der Waals surface area contributed by atoms with E-state index in [9.17, 15) is 63.9 Å². The van der Waals surface area contributed by atoms with E-state index in [1.807, 2.05) is 39.0 Å². The molecule has 0 radical (unpaired) electrons. The lowest BCUT2D eigenvalue weighted by Gasteiger charge is -2.30. The smallest absolute Gasteiger partial charge is 0.405 e. The molecule has 0 saturated carbocycles. The lowest BCUT2D eigenvalue weighted by atomic mass is 9.85. The Morgan fingerprint density at radius 2 is 1.37 bits per heavy atom. The van der Waals surface area contributed by atoms with Crippen LogP contribution >= 0.6 is 23.2 Å². The molecule has 6 amide bonds. The van der Waals surface area contributed by atoms with Crippen LogP contribution in [0, 0.1) is 11.8 Å². The number of amides is 6. The number of fused-ring (bicyclic) bond motifs is 4. The Morgan fingerprint density at radius 3 is 1.88 bits per heavy atom. The van der Waals surface area contributed by atoms with E-state index in [1.54, 1.807) is 68.5 Å². The van der Waals surface area contributed by atoms with Crippen molar-refractivity contribution >= 4 is 70.4 Å². The molecule has 0 fully saturated rings. The molecule has 4 aliphatic rings. The van der Waals surface area contributed by atoms with E-state index in [4.69, 9.17) is 45.9 Å². The maximum atomic E-state index is 13.6. The Bertz CT molecular complexity index is 3760. The minimum absolute atomic E-state index is 0.000676. The number of phenols is 4. The van der Waals surface area contributed by atoms with Crippen molar-refractivity contribution in [1.82, 2.24) is 31.1 Å². The number of methoxy groups -OCH3 is 2. The fourth-order valence-corrected chi connectivity index (χ4v) is 11.4. The molecule has 2 bridgehead atoms. The van der Waals surface area contributed by atoms with E-state index in [2.05, 4.69) is 27.8 Å².